The number of primary amides is 1. The van der Waals surface area contributed by atoms with Crippen LogP contribution in [0.3, 0.4) is 0 Å². The van der Waals surface area contributed by atoms with Crippen molar-refractivity contribution < 1.29 is 123 Å². The molecule has 1 aliphatic rings. The fourth-order valence-electron chi connectivity index (χ4n) is 8.15. The number of carboxylic acid groups (broad SMARTS) is 1. The zero-order chi connectivity index (χ0) is 56.7. The molecule has 1 fully saturated rings. The summed E-state index contributed by atoms with van der Waals surface area (Å²) < 4.78 is 21.6. The molecule has 446 valence electrons. The van der Waals surface area contributed by atoms with E-state index in [0.717, 1.165) is 63.4 Å². The largest absolute Gasteiger partial charge is 1.00 e. The topological polar surface area (TPSA) is 300 Å². The Balaban J connectivity index is -0.00000127. The van der Waals surface area contributed by atoms with E-state index in [9.17, 15) is 38.4 Å². The van der Waals surface area contributed by atoms with Crippen LogP contribution in [0.4, 0.5) is 0 Å². The van der Waals surface area contributed by atoms with Crippen LogP contribution >= 0.6 is 21.6 Å². The van der Waals surface area contributed by atoms with Gasteiger partial charge in [0, 0.05) is 73.6 Å². The van der Waals surface area contributed by atoms with Gasteiger partial charge in [-0.05, 0) is 62.0 Å². The van der Waals surface area contributed by atoms with E-state index in [1.54, 1.807) is 35.1 Å². The van der Waals surface area contributed by atoms with Crippen LogP contribution in [0.5, 0.6) is 5.75 Å². The van der Waals surface area contributed by atoms with Crippen molar-refractivity contribution in [3.8, 4) is 5.75 Å². The van der Waals surface area contributed by atoms with Gasteiger partial charge in [0.2, 0.25) is 23.6 Å². The zero-order valence-corrected chi connectivity index (χ0v) is 52.0. The van der Waals surface area contributed by atoms with Crippen LogP contribution in [0.1, 0.15) is 165 Å². The van der Waals surface area contributed by atoms with Gasteiger partial charge < -0.3 is 66.2 Å². The molecule has 19 nitrogen and oxygen atoms in total. The molecule has 1 heterocycles. The van der Waals surface area contributed by atoms with Crippen molar-refractivity contribution in [2.24, 2.45) is 23.5 Å². The van der Waals surface area contributed by atoms with Crippen molar-refractivity contribution in [2.45, 2.75) is 168 Å². The van der Waals surface area contributed by atoms with E-state index >= 15 is 0 Å². The first-order valence-electron chi connectivity index (χ1n) is 28.0. The van der Waals surface area contributed by atoms with Crippen LogP contribution in [0.2, 0.25) is 0 Å². The average molecular weight is 1170 g/mol. The van der Waals surface area contributed by atoms with Crippen LogP contribution in [-0.4, -0.2) is 147 Å². The third kappa shape index (κ3) is 46.2. The van der Waals surface area contributed by atoms with Gasteiger partial charge in [-0.3, -0.25) is 28.8 Å². The van der Waals surface area contributed by atoms with Gasteiger partial charge >= 0.3 is 57.4 Å². The number of unbranched alkanes of at least 4 members (excludes halogenated alkanes) is 14. The van der Waals surface area contributed by atoms with Gasteiger partial charge in [0.05, 0.1) is 39.6 Å². The summed E-state index contributed by atoms with van der Waals surface area (Å²) in [7, 11) is 3.08. The third-order valence-corrected chi connectivity index (χ3v) is 15.1. The molecule has 22 heteroatoms. The third-order valence-electron chi connectivity index (χ3n) is 12.6. The maximum absolute atomic E-state index is 12.7. The molecule has 1 aromatic carbocycles. The van der Waals surface area contributed by atoms with Crippen LogP contribution in [0.25, 0.3) is 5.73 Å². The standard InChI is InChI=1S/C44H79N4O11S2.C12H15NO3.K.3H2/c1-36(30-39(49)37-31-40(50)38(45)35-61-60-34-37)18-16-17-21-46-42(52)32-58-28-27-57-25-23-48-43(53)33-59-29-26-56-24-22-47-41(51)19-14-12-10-8-6-4-2-3-5-7-9-11-13-15-20-44(54)55;1-8(14)6-10(12(13)16)7-9-2-4-11(15)5-3-9;;;;/h36-38,45H,2-35H2,1H3,(H,46,52)(H,47,51)(H,48,53)(H,54,55);2-5,10,15H,6-7H2,1H3,(H2,13,16);;3*1H/q-1;;+1;;;/t36-,37+,38+;10-;;;;/m10..../s1. The molecule has 1 aliphatic heterocycles. The Bertz CT molecular complexity index is 1820. The number of ketones is 3. The summed E-state index contributed by atoms with van der Waals surface area (Å²) in [6, 6.07) is 5.78. The monoisotopic (exact) mass is 1170 g/mol. The van der Waals surface area contributed by atoms with Gasteiger partial charge in [-0.2, -0.15) is 0 Å². The number of phenolic OH excluding ortho intramolecular Hbond substituents is 1. The number of carbonyl (C=O) groups is 8. The first-order chi connectivity index (χ1) is 37.1. The van der Waals surface area contributed by atoms with Crippen molar-refractivity contribution in [1.82, 2.24) is 16.0 Å². The number of hydrogen-bond donors (Lipinski definition) is 6. The van der Waals surface area contributed by atoms with Gasteiger partial charge in [-0.1, -0.05) is 137 Å². The summed E-state index contributed by atoms with van der Waals surface area (Å²) in [6.07, 6.45) is 20.7. The first kappa shape index (κ1) is 75.5. The second-order valence-electron chi connectivity index (χ2n) is 19.9. The summed E-state index contributed by atoms with van der Waals surface area (Å²) in [5, 5.41) is 26.2. The number of aliphatic carboxylic acids is 1. The molecule has 0 aromatic heterocycles. The Labute approximate surface area is 519 Å². The van der Waals surface area contributed by atoms with Crippen LogP contribution < -0.4 is 73.1 Å². The van der Waals surface area contributed by atoms with E-state index in [0.29, 0.717) is 76.6 Å². The van der Waals surface area contributed by atoms with Crippen molar-refractivity contribution in [1.29, 1.82) is 0 Å². The molecular weight excluding hydrogens is 1070 g/mol. The summed E-state index contributed by atoms with van der Waals surface area (Å²) in [5.41, 5.74) is 14.0. The maximum Gasteiger partial charge on any atom is 1.00 e. The zero-order valence-electron chi connectivity index (χ0n) is 47.3. The van der Waals surface area contributed by atoms with E-state index in [4.69, 9.17) is 40.6 Å². The van der Waals surface area contributed by atoms with E-state index in [1.165, 1.54) is 69.1 Å². The second-order valence-corrected chi connectivity index (χ2v) is 22.4. The van der Waals surface area contributed by atoms with Crippen LogP contribution in [-0.2, 0) is 63.7 Å². The average Bonchev–Trinajstić information content (AvgIpc) is 3.38. The summed E-state index contributed by atoms with van der Waals surface area (Å²) in [4.78, 5) is 93.4. The number of Topliss-reactive ketones (excluding diaryl/α,β-unsaturated/α-hetero) is 3. The normalized spacial score (nSPS) is 15.0. The first-order valence-corrected chi connectivity index (χ1v) is 30.5. The minimum Gasteiger partial charge on any atom is -0.668 e. The van der Waals surface area contributed by atoms with E-state index < -0.39 is 23.8 Å². The number of benzene rings is 1. The molecule has 4 atom stereocenters. The predicted molar refractivity (Wildman–Crippen MR) is 309 cm³/mol. The number of phenols is 1. The van der Waals surface area contributed by atoms with Gasteiger partial charge in [-0.15, -0.1) is 0 Å². The Morgan fingerprint density at radius 2 is 1.13 bits per heavy atom. The summed E-state index contributed by atoms with van der Waals surface area (Å²) in [6.45, 7) is 6.40. The van der Waals surface area contributed by atoms with Crippen molar-refractivity contribution in [3.05, 3.63) is 35.6 Å². The molecule has 1 saturated heterocycles. The van der Waals surface area contributed by atoms with E-state index in [2.05, 4.69) is 16.0 Å². The quantitative estimate of drug-likeness (QED) is 0.0261. The van der Waals surface area contributed by atoms with Gasteiger partial charge in [0.15, 0.2) is 0 Å². The number of carboxylic acids is 1. The second kappa shape index (κ2) is 51.4. The van der Waals surface area contributed by atoms with Gasteiger partial charge in [-0.25, -0.2) is 0 Å². The Hall–Kier alpha value is -2.48. The molecule has 0 radical (unpaired) electrons. The number of aromatic hydroxyl groups is 1. The van der Waals surface area contributed by atoms with Crippen LogP contribution in [0.15, 0.2) is 24.3 Å². The number of carbonyl (C=O) groups excluding carboxylic acids is 7. The molecule has 0 bridgehead atoms. The Morgan fingerprint density at radius 1 is 0.654 bits per heavy atom. The number of amides is 4. The van der Waals surface area contributed by atoms with Crippen molar-refractivity contribution in [3.63, 3.8) is 0 Å². The molecule has 4 amide bonds. The molecule has 78 heavy (non-hydrogen) atoms. The number of rotatable bonds is 46. The summed E-state index contributed by atoms with van der Waals surface area (Å²) >= 11 is 0. The van der Waals surface area contributed by atoms with Gasteiger partial charge in [0.25, 0.3) is 0 Å². The molecule has 0 unspecified atom stereocenters. The summed E-state index contributed by atoms with van der Waals surface area (Å²) in [5.74, 6) is -0.951. The number of ether oxygens (including phenoxy) is 4. The minimum atomic E-state index is -0.737. The Morgan fingerprint density at radius 3 is 1.64 bits per heavy atom. The SMILES string of the molecule is CC(=O)C[C@@H](Cc1ccc(O)cc1)C(N)=O.C[C@H](CCCCNC(=O)COCCOCCNC(=O)COCCOCCNC(=O)CCCCCCCCCCCCCCCCC(=O)O)CC(=O)[C@@H]1CSSC[C@H]([NH-])C(=O)C1.[HH].[HH].[HH].[K+]. The smallest absolute Gasteiger partial charge is 0.668 e. The molecule has 8 N–H and O–H groups in total. The van der Waals surface area contributed by atoms with Crippen molar-refractivity contribution >= 4 is 68.5 Å². The number of nitrogens with one attached hydrogen (secondary N) is 4. The van der Waals surface area contributed by atoms with E-state index in [-0.39, 0.29) is 154 Å². The minimum absolute atomic E-state index is 0. The number of hydrogen-bond acceptors (Lipinski definition) is 15. The van der Waals surface area contributed by atoms with Crippen LogP contribution in [0, 0.1) is 17.8 Å². The van der Waals surface area contributed by atoms with Crippen molar-refractivity contribution in [2.75, 3.05) is 84.0 Å². The fraction of sp³-hybridized carbons (Fsp3) is 0.750. The molecular formula is C56H100KN5O14S2. The van der Waals surface area contributed by atoms with Gasteiger partial charge in [0.1, 0.15) is 36.3 Å². The molecule has 0 spiro atoms. The predicted octanol–water partition coefficient (Wildman–Crippen LogP) is 5.64. The molecule has 0 aliphatic carbocycles. The fourth-order valence-corrected chi connectivity index (χ4v) is 10.6. The molecule has 0 saturated carbocycles. The number of nitrogens with two attached hydrogens (primary N) is 1. The Kier molecular flexibility index (Phi) is 49.8. The van der Waals surface area contributed by atoms with E-state index in [1.807, 2.05) is 6.92 Å². The maximum atomic E-state index is 12.7. The molecule has 1 aromatic rings. The molecule has 2 rings (SSSR count).